The second-order valence-corrected chi connectivity index (χ2v) is 7.54. The maximum atomic E-state index is 12.5. The molecule has 0 aromatic carbocycles. The SMILES string of the molecule is O=C(Cn1ncccc1=O)N1CCN(c2ccc(N3CCCCCC3)nn2)CC1. The van der Waals surface area contributed by atoms with E-state index in [1.54, 1.807) is 11.0 Å². The Kier molecular flexibility index (Phi) is 6.02. The fourth-order valence-electron chi connectivity index (χ4n) is 3.87. The fraction of sp³-hybridized carbons (Fsp3) is 0.550. The topological polar surface area (TPSA) is 87.5 Å². The summed E-state index contributed by atoms with van der Waals surface area (Å²) in [6.45, 7) is 4.65. The van der Waals surface area contributed by atoms with Gasteiger partial charge in [-0.25, -0.2) is 4.68 Å². The average molecular weight is 397 g/mol. The highest BCUT2D eigenvalue weighted by Crippen LogP contribution is 2.19. The van der Waals surface area contributed by atoms with E-state index in [1.165, 1.54) is 42.6 Å². The van der Waals surface area contributed by atoms with Crippen LogP contribution < -0.4 is 15.4 Å². The van der Waals surface area contributed by atoms with E-state index in [0.717, 1.165) is 24.7 Å². The summed E-state index contributed by atoms with van der Waals surface area (Å²) in [6.07, 6.45) is 6.52. The van der Waals surface area contributed by atoms with Crippen molar-refractivity contribution in [1.82, 2.24) is 24.9 Å². The maximum absolute atomic E-state index is 12.5. The molecule has 2 aromatic heterocycles. The molecule has 0 aliphatic carbocycles. The van der Waals surface area contributed by atoms with Crippen LogP contribution in [-0.4, -0.2) is 70.1 Å². The largest absolute Gasteiger partial charge is 0.355 e. The van der Waals surface area contributed by atoms with Gasteiger partial charge in [0.1, 0.15) is 6.54 Å². The minimum atomic E-state index is -0.265. The molecule has 2 aromatic rings. The molecular formula is C20H27N7O2. The first kappa shape index (κ1) is 19.4. The number of anilines is 2. The molecule has 1 amide bonds. The molecule has 2 aliphatic rings. The van der Waals surface area contributed by atoms with Gasteiger partial charge in [0.25, 0.3) is 5.56 Å². The quantitative estimate of drug-likeness (QED) is 0.753. The lowest BCUT2D eigenvalue weighted by atomic mass is 10.2. The molecule has 154 valence electrons. The molecule has 0 unspecified atom stereocenters. The van der Waals surface area contributed by atoms with Gasteiger partial charge in [-0.3, -0.25) is 9.59 Å². The van der Waals surface area contributed by atoms with Crippen molar-refractivity contribution in [2.24, 2.45) is 0 Å². The van der Waals surface area contributed by atoms with Crippen LogP contribution in [0.4, 0.5) is 11.6 Å². The van der Waals surface area contributed by atoms with Crippen molar-refractivity contribution >= 4 is 17.5 Å². The average Bonchev–Trinajstić information content (AvgIpc) is 3.05. The molecule has 0 bridgehead atoms. The zero-order valence-corrected chi connectivity index (χ0v) is 16.6. The van der Waals surface area contributed by atoms with E-state index in [9.17, 15) is 9.59 Å². The number of amides is 1. The highest BCUT2D eigenvalue weighted by atomic mass is 16.2. The third-order valence-corrected chi connectivity index (χ3v) is 5.59. The molecule has 0 atom stereocenters. The molecule has 0 radical (unpaired) electrons. The molecule has 0 spiro atoms. The summed E-state index contributed by atoms with van der Waals surface area (Å²) in [4.78, 5) is 30.5. The van der Waals surface area contributed by atoms with Crippen LogP contribution in [0.15, 0.2) is 35.3 Å². The van der Waals surface area contributed by atoms with Crippen molar-refractivity contribution in [1.29, 1.82) is 0 Å². The summed E-state index contributed by atoms with van der Waals surface area (Å²) in [7, 11) is 0. The normalized spacial score (nSPS) is 17.9. The van der Waals surface area contributed by atoms with Crippen molar-refractivity contribution in [2.45, 2.75) is 32.2 Å². The highest BCUT2D eigenvalue weighted by Gasteiger charge is 2.23. The highest BCUT2D eigenvalue weighted by molar-refractivity contribution is 5.76. The molecule has 2 aliphatic heterocycles. The molecule has 4 rings (SSSR count). The van der Waals surface area contributed by atoms with Crippen molar-refractivity contribution in [2.75, 3.05) is 49.1 Å². The van der Waals surface area contributed by atoms with Crippen LogP contribution in [0.5, 0.6) is 0 Å². The third-order valence-electron chi connectivity index (χ3n) is 5.59. The molecule has 9 heteroatoms. The molecule has 4 heterocycles. The Morgan fingerprint density at radius 2 is 1.45 bits per heavy atom. The van der Waals surface area contributed by atoms with Gasteiger partial charge in [0, 0.05) is 51.5 Å². The molecular weight excluding hydrogens is 370 g/mol. The zero-order valence-electron chi connectivity index (χ0n) is 16.6. The number of aromatic nitrogens is 4. The van der Waals surface area contributed by atoms with Gasteiger partial charge in [0.2, 0.25) is 5.91 Å². The minimum Gasteiger partial charge on any atom is -0.355 e. The van der Waals surface area contributed by atoms with Gasteiger partial charge in [-0.05, 0) is 31.0 Å². The Bertz CT molecular complexity index is 867. The molecule has 9 nitrogen and oxygen atoms in total. The summed E-state index contributed by atoms with van der Waals surface area (Å²) in [6, 6.07) is 7.06. The molecule has 2 fully saturated rings. The van der Waals surface area contributed by atoms with Crippen LogP contribution in [0.25, 0.3) is 0 Å². The van der Waals surface area contributed by atoms with E-state index in [-0.39, 0.29) is 18.0 Å². The van der Waals surface area contributed by atoms with Gasteiger partial charge < -0.3 is 14.7 Å². The van der Waals surface area contributed by atoms with E-state index >= 15 is 0 Å². The molecule has 0 N–H and O–H groups in total. The van der Waals surface area contributed by atoms with Gasteiger partial charge in [-0.15, -0.1) is 10.2 Å². The summed E-state index contributed by atoms with van der Waals surface area (Å²) in [5, 5.41) is 12.8. The van der Waals surface area contributed by atoms with E-state index in [1.807, 2.05) is 6.07 Å². The monoisotopic (exact) mass is 397 g/mol. The van der Waals surface area contributed by atoms with Crippen LogP contribution in [-0.2, 0) is 11.3 Å². The first-order valence-electron chi connectivity index (χ1n) is 10.3. The number of carbonyl (C=O) groups is 1. The second-order valence-electron chi connectivity index (χ2n) is 7.54. The predicted octanol–water partition coefficient (Wildman–Crippen LogP) is 0.763. The number of hydrogen-bond acceptors (Lipinski definition) is 7. The van der Waals surface area contributed by atoms with Crippen LogP contribution >= 0.6 is 0 Å². The first-order valence-corrected chi connectivity index (χ1v) is 10.3. The van der Waals surface area contributed by atoms with Crippen molar-refractivity contribution < 1.29 is 4.79 Å². The van der Waals surface area contributed by atoms with Crippen molar-refractivity contribution in [3.8, 4) is 0 Å². The Morgan fingerprint density at radius 3 is 2.03 bits per heavy atom. The third kappa shape index (κ3) is 4.72. The van der Waals surface area contributed by atoms with Crippen LogP contribution in [0.1, 0.15) is 25.7 Å². The van der Waals surface area contributed by atoms with E-state index in [0.29, 0.717) is 26.2 Å². The van der Waals surface area contributed by atoms with Gasteiger partial charge in [0.05, 0.1) is 0 Å². The van der Waals surface area contributed by atoms with Gasteiger partial charge in [-0.1, -0.05) is 12.8 Å². The summed E-state index contributed by atoms with van der Waals surface area (Å²) >= 11 is 0. The van der Waals surface area contributed by atoms with Crippen LogP contribution in [0, 0.1) is 0 Å². The number of rotatable bonds is 4. The molecule has 0 saturated carbocycles. The van der Waals surface area contributed by atoms with Crippen LogP contribution in [0.2, 0.25) is 0 Å². The van der Waals surface area contributed by atoms with Crippen molar-refractivity contribution in [3.63, 3.8) is 0 Å². The predicted molar refractivity (Wildman–Crippen MR) is 110 cm³/mol. The van der Waals surface area contributed by atoms with Gasteiger partial charge in [-0.2, -0.15) is 5.10 Å². The standard InChI is InChI=1S/C20H27N7O2/c28-19-6-5-9-21-27(19)16-20(29)26-14-12-25(13-15-26)18-8-7-17(22-23-18)24-10-3-1-2-4-11-24/h5-9H,1-4,10-16H2. The van der Waals surface area contributed by atoms with E-state index in [4.69, 9.17) is 0 Å². The van der Waals surface area contributed by atoms with E-state index in [2.05, 4.69) is 31.2 Å². The minimum absolute atomic E-state index is 0.0238. The Labute approximate surface area is 169 Å². The Hall–Kier alpha value is -2.97. The molecule has 29 heavy (non-hydrogen) atoms. The Morgan fingerprint density at radius 1 is 0.828 bits per heavy atom. The van der Waals surface area contributed by atoms with Gasteiger partial charge in [0.15, 0.2) is 11.6 Å². The fourth-order valence-corrected chi connectivity index (χ4v) is 3.87. The number of piperazine rings is 1. The lowest BCUT2D eigenvalue weighted by molar-refractivity contribution is -0.132. The van der Waals surface area contributed by atoms with Gasteiger partial charge >= 0.3 is 0 Å². The zero-order chi connectivity index (χ0) is 20.1. The first-order chi connectivity index (χ1) is 14.2. The summed E-state index contributed by atoms with van der Waals surface area (Å²) < 4.78 is 1.20. The van der Waals surface area contributed by atoms with Crippen LogP contribution in [0.3, 0.4) is 0 Å². The maximum Gasteiger partial charge on any atom is 0.267 e. The number of hydrogen-bond donors (Lipinski definition) is 0. The van der Waals surface area contributed by atoms with Crippen molar-refractivity contribution in [3.05, 3.63) is 40.8 Å². The lowest BCUT2D eigenvalue weighted by Crippen LogP contribution is -2.50. The van der Waals surface area contributed by atoms with E-state index < -0.39 is 0 Å². The lowest BCUT2D eigenvalue weighted by Gasteiger charge is -2.35. The molecule has 2 saturated heterocycles. The smallest absolute Gasteiger partial charge is 0.267 e. The second kappa shape index (κ2) is 9.02. The summed E-state index contributed by atoms with van der Waals surface area (Å²) in [5.74, 6) is 1.70. The Balaban J connectivity index is 1.31. The number of carbonyl (C=O) groups excluding carboxylic acids is 1. The summed E-state index contributed by atoms with van der Waals surface area (Å²) in [5.41, 5.74) is -0.265. The number of nitrogens with zero attached hydrogens (tertiary/aromatic N) is 7.